The van der Waals surface area contributed by atoms with Crippen LogP contribution in [0.2, 0.25) is 21.5 Å². The molecule has 0 spiro atoms. The molecule has 1 heteroatoms. The SMILES string of the molecule is [CH3][Ge]([CH3])([CH3])[C]12CC[C](CC1)CC2. The first-order valence-electron chi connectivity index (χ1n) is 5.37. The van der Waals surface area contributed by atoms with Gasteiger partial charge in [0.15, 0.2) is 0 Å². The average molecular weight is 226 g/mol. The zero-order valence-corrected chi connectivity index (χ0v) is 10.8. The third-order valence-electron chi connectivity index (χ3n) is 4.46. The Morgan fingerprint density at radius 3 is 1.58 bits per heavy atom. The van der Waals surface area contributed by atoms with Crippen LogP contribution in [-0.2, 0) is 0 Å². The van der Waals surface area contributed by atoms with Crippen LogP contribution in [0.25, 0.3) is 0 Å². The molecule has 0 unspecified atom stereocenters. The zero-order chi connectivity index (χ0) is 8.82. The molecule has 0 saturated heterocycles. The molecule has 0 atom stereocenters. The summed E-state index contributed by atoms with van der Waals surface area (Å²) >= 11 is -1.38. The Bertz CT molecular complexity index is 156. The van der Waals surface area contributed by atoms with Crippen LogP contribution in [0.15, 0.2) is 0 Å². The number of fused-ring (bicyclic) bond motifs is 3. The summed E-state index contributed by atoms with van der Waals surface area (Å²) in [4.78, 5) is 0. The molecular weight excluding hydrogens is 205 g/mol. The summed E-state index contributed by atoms with van der Waals surface area (Å²) in [6.07, 6.45) is 9.15. The van der Waals surface area contributed by atoms with E-state index in [4.69, 9.17) is 0 Å². The summed E-state index contributed by atoms with van der Waals surface area (Å²) in [5.74, 6) is 9.76. The summed E-state index contributed by atoms with van der Waals surface area (Å²) in [7, 11) is 0. The fraction of sp³-hybridized carbons (Fsp3) is 0.909. The molecule has 0 nitrogen and oxygen atoms in total. The predicted octanol–water partition coefficient (Wildman–Crippen LogP) is 4.01. The van der Waals surface area contributed by atoms with Gasteiger partial charge in [-0.15, -0.1) is 0 Å². The molecule has 0 amide bonds. The molecule has 1 radical (unpaired) electrons. The van der Waals surface area contributed by atoms with Crippen molar-refractivity contribution >= 4 is 13.3 Å². The monoisotopic (exact) mass is 227 g/mol. The van der Waals surface area contributed by atoms with E-state index in [2.05, 4.69) is 17.3 Å². The first kappa shape index (κ1) is 9.11. The van der Waals surface area contributed by atoms with E-state index in [1.807, 2.05) is 5.92 Å². The van der Waals surface area contributed by atoms with Gasteiger partial charge in [0.2, 0.25) is 0 Å². The zero-order valence-electron chi connectivity index (χ0n) is 8.74. The van der Waals surface area contributed by atoms with Crippen molar-refractivity contribution in [3.05, 3.63) is 5.92 Å². The molecule has 3 aliphatic rings. The van der Waals surface area contributed by atoms with Crippen LogP contribution in [0.5, 0.6) is 0 Å². The topological polar surface area (TPSA) is 0 Å². The maximum atomic E-state index is 2.62. The Morgan fingerprint density at radius 1 is 0.917 bits per heavy atom. The number of hydrogen-bond donors (Lipinski definition) is 0. The van der Waals surface area contributed by atoms with E-state index in [-0.39, 0.29) is 0 Å². The van der Waals surface area contributed by atoms with Crippen LogP contribution in [0.1, 0.15) is 38.5 Å². The van der Waals surface area contributed by atoms with E-state index in [0.717, 1.165) is 4.25 Å². The maximum absolute atomic E-state index is 2.62. The fourth-order valence-electron chi connectivity index (χ4n) is 3.12. The van der Waals surface area contributed by atoms with E-state index in [0.29, 0.717) is 0 Å². The van der Waals surface area contributed by atoms with Crippen molar-refractivity contribution < 1.29 is 0 Å². The van der Waals surface area contributed by atoms with Gasteiger partial charge >= 0.3 is 79.2 Å². The predicted molar refractivity (Wildman–Crippen MR) is 57.0 cm³/mol. The number of rotatable bonds is 1. The van der Waals surface area contributed by atoms with Crippen molar-refractivity contribution in [3.8, 4) is 0 Å². The van der Waals surface area contributed by atoms with Crippen molar-refractivity contribution in [3.63, 3.8) is 0 Å². The Kier molecular flexibility index (Phi) is 2.10. The molecule has 2 bridgehead atoms. The quantitative estimate of drug-likeness (QED) is 0.592. The standard InChI is InChI=1S/C11H21Ge/c1-12(2,3)11-7-4-10(5-8-11)6-9-11/h4-9H2,1-3H3. The van der Waals surface area contributed by atoms with Crippen LogP contribution in [0, 0.1) is 5.92 Å². The van der Waals surface area contributed by atoms with Gasteiger partial charge in [0.1, 0.15) is 0 Å². The second-order valence-electron chi connectivity index (χ2n) is 5.78. The van der Waals surface area contributed by atoms with E-state index < -0.39 is 13.3 Å². The molecule has 0 aromatic heterocycles. The molecule has 12 heavy (non-hydrogen) atoms. The van der Waals surface area contributed by atoms with Crippen molar-refractivity contribution in [2.45, 2.75) is 60.0 Å². The van der Waals surface area contributed by atoms with Crippen molar-refractivity contribution in [1.82, 2.24) is 0 Å². The number of hydrogen-bond acceptors (Lipinski definition) is 0. The average Bonchev–Trinajstić information content (AvgIpc) is 2.06. The van der Waals surface area contributed by atoms with E-state index in [9.17, 15) is 0 Å². The Morgan fingerprint density at radius 2 is 1.33 bits per heavy atom. The first-order valence-corrected chi connectivity index (χ1v) is 12.7. The Hall–Kier alpha value is 0.543. The molecule has 69 valence electrons. The van der Waals surface area contributed by atoms with Crippen LogP contribution >= 0.6 is 0 Å². The summed E-state index contributed by atoms with van der Waals surface area (Å²) in [6, 6.07) is 0. The van der Waals surface area contributed by atoms with Gasteiger partial charge in [-0.1, -0.05) is 0 Å². The van der Waals surface area contributed by atoms with Gasteiger partial charge in [-0.3, -0.25) is 0 Å². The van der Waals surface area contributed by atoms with Crippen LogP contribution in [-0.4, -0.2) is 13.3 Å². The molecule has 0 aliphatic heterocycles. The Labute approximate surface area is 79.5 Å². The molecule has 0 aromatic carbocycles. The van der Waals surface area contributed by atoms with E-state index in [1.165, 1.54) is 19.3 Å². The Balaban J connectivity index is 2.19. The second kappa shape index (κ2) is 2.76. The van der Waals surface area contributed by atoms with Gasteiger partial charge in [0.05, 0.1) is 0 Å². The summed E-state index contributed by atoms with van der Waals surface area (Å²) in [5.41, 5.74) is 0. The first-order chi connectivity index (χ1) is 5.54. The van der Waals surface area contributed by atoms with Crippen molar-refractivity contribution in [2.75, 3.05) is 0 Å². The third-order valence-corrected chi connectivity index (χ3v) is 12.7. The van der Waals surface area contributed by atoms with Crippen molar-refractivity contribution in [1.29, 1.82) is 0 Å². The van der Waals surface area contributed by atoms with Gasteiger partial charge in [0, 0.05) is 0 Å². The molecule has 0 aromatic rings. The normalized spacial score (nSPS) is 29.2. The van der Waals surface area contributed by atoms with E-state index >= 15 is 0 Å². The molecule has 3 rings (SSSR count). The molecule has 0 heterocycles. The van der Waals surface area contributed by atoms with Crippen LogP contribution in [0.4, 0.5) is 0 Å². The van der Waals surface area contributed by atoms with Gasteiger partial charge < -0.3 is 0 Å². The van der Waals surface area contributed by atoms with Crippen LogP contribution in [0.3, 0.4) is 0 Å². The van der Waals surface area contributed by atoms with E-state index in [1.54, 1.807) is 19.3 Å². The molecule has 3 aliphatic carbocycles. The summed E-state index contributed by atoms with van der Waals surface area (Å²) < 4.78 is 0.891. The summed E-state index contributed by atoms with van der Waals surface area (Å²) in [6.45, 7) is 0. The van der Waals surface area contributed by atoms with Gasteiger partial charge in [0.25, 0.3) is 0 Å². The molecular formula is C11H21Ge. The fourth-order valence-corrected chi connectivity index (χ4v) is 8.63. The molecule has 3 saturated carbocycles. The van der Waals surface area contributed by atoms with Gasteiger partial charge in [-0.25, -0.2) is 0 Å². The van der Waals surface area contributed by atoms with Crippen molar-refractivity contribution in [2.24, 2.45) is 0 Å². The van der Waals surface area contributed by atoms with Crippen LogP contribution < -0.4 is 0 Å². The van der Waals surface area contributed by atoms with Gasteiger partial charge in [-0.05, 0) is 0 Å². The van der Waals surface area contributed by atoms with Gasteiger partial charge in [-0.2, -0.15) is 0 Å². The minimum absolute atomic E-state index is 0.891. The summed E-state index contributed by atoms with van der Waals surface area (Å²) in [5, 5.41) is 0. The third kappa shape index (κ3) is 1.27. The minimum atomic E-state index is -1.38. The molecule has 0 N–H and O–H groups in total. The molecule has 3 fully saturated rings. The second-order valence-corrected chi connectivity index (χ2v) is 17.4.